The van der Waals surface area contributed by atoms with E-state index in [1.54, 1.807) is 0 Å². The zero-order valence-corrected chi connectivity index (χ0v) is 69.8. The largest absolute Gasteiger partial charge is 0.508 e. The van der Waals surface area contributed by atoms with E-state index in [4.69, 9.17) is 44.1 Å². The minimum absolute atomic E-state index is 0.0287. The molecule has 9 aliphatic heterocycles. The first-order valence-corrected chi connectivity index (χ1v) is 43.1. The van der Waals surface area contributed by atoms with Gasteiger partial charge in [-0.3, -0.25) is 14.4 Å². The molecule has 9 aliphatic rings. The number of piperidine rings is 3. The summed E-state index contributed by atoms with van der Waals surface area (Å²) in [6.45, 7) is 28.1. The molecule has 6 aromatic carbocycles. The fourth-order valence-corrected chi connectivity index (χ4v) is 18.8. The number of likely N-dealkylation sites (tertiary alicyclic amines) is 3. The van der Waals surface area contributed by atoms with Gasteiger partial charge in [-0.05, 0) is 151 Å². The van der Waals surface area contributed by atoms with Crippen LogP contribution in [0, 0.1) is 0 Å². The molecule has 0 radical (unpaired) electrons. The van der Waals surface area contributed by atoms with Gasteiger partial charge in [-0.1, -0.05) is 112 Å². The molecule has 6 fully saturated rings. The maximum atomic E-state index is 12.2. The van der Waals surface area contributed by atoms with Crippen LogP contribution in [0.1, 0.15) is 91.6 Å². The molecule has 0 aliphatic carbocycles. The Morgan fingerprint density at radius 2 is 0.633 bits per heavy atom. The number of carbonyl (C=O) groups is 3. The van der Waals surface area contributed by atoms with E-state index < -0.39 is 0 Å². The van der Waals surface area contributed by atoms with Gasteiger partial charge in [0.2, 0.25) is 17.7 Å². The normalized spacial score (nSPS) is 19.9. The number of benzene rings is 6. The lowest BCUT2D eigenvalue weighted by Gasteiger charge is -2.38. The molecule has 0 bridgehead atoms. The number of ether oxygens (including phenoxy) is 3. The number of amides is 3. The molecular weight excluding hydrogens is 1510 g/mol. The maximum absolute atomic E-state index is 12.2. The minimum atomic E-state index is -0.0287. The number of carbonyl (C=O) groups excluding carboxylic acids is 3. The number of aromatic nitrogens is 6. The number of phenolic OH excluding ortho intramolecular Hbond substituents is 3. The van der Waals surface area contributed by atoms with Gasteiger partial charge in [0.15, 0.2) is 0 Å². The topological polar surface area (TPSA) is 256 Å². The number of rotatable bonds is 18. The quantitative estimate of drug-likeness (QED) is 0.0675. The van der Waals surface area contributed by atoms with E-state index in [1.807, 2.05) is 106 Å². The molecule has 3 aromatic heterocycles. The second kappa shape index (κ2) is 37.4. The number of nitrogens with zero attached hydrogens (tertiary/aromatic N) is 18. The molecule has 27 nitrogen and oxygen atoms in total. The van der Waals surface area contributed by atoms with Crippen LogP contribution in [0.15, 0.2) is 147 Å². The van der Waals surface area contributed by atoms with E-state index >= 15 is 0 Å². The predicted octanol–water partition coefficient (Wildman–Crippen LogP) is 10.8. The van der Waals surface area contributed by atoms with Gasteiger partial charge in [0, 0.05) is 184 Å². The molecule has 120 heavy (non-hydrogen) atoms. The summed E-state index contributed by atoms with van der Waals surface area (Å²) < 4.78 is 18.9. The highest BCUT2D eigenvalue weighted by molar-refractivity contribution is 5.98. The number of fused-ring (bicyclic) bond motifs is 6. The van der Waals surface area contributed by atoms with Gasteiger partial charge in [-0.2, -0.15) is 29.9 Å². The molecule has 6 saturated heterocycles. The molecule has 9 aromatic rings. The maximum Gasteiger partial charge on any atom is 0.318 e. The zero-order valence-electron chi connectivity index (χ0n) is 69.8. The highest BCUT2D eigenvalue weighted by Gasteiger charge is 2.36. The number of likely N-dealkylation sites (N-methyl/N-ethyl adjacent to an activating group) is 3. The minimum Gasteiger partial charge on any atom is -0.508 e. The fraction of sp³-hybridized carbons (Fsp3) is 0.452. The first-order valence-electron chi connectivity index (χ1n) is 43.1. The second-order valence-electron chi connectivity index (χ2n) is 33.2. The average molecular weight is 1630 g/mol. The van der Waals surface area contributed by atoms with E-state index in [0.717, 1.165) is 178 Å². The van der Waals surface area contributed by atoms with Crippen molar-refractivity contribution in [2.45, 2.75) is 115 Å². The van der Waals surface area contributed by atoms with Crippen molar-refractivity contribution in [3.8, 4) is 35.3 Å². The highest BCUT2D eigenvalue weighted by Crippen LogP contribution is 2.42. The summed E-state index contributed by atoms with van der Waals surface area (Å²) in [7, 11) is 6.48. The Labute approximate surface area is 703 Å². The summed E-state index contributed by atoms with van der Waals surface area (Å²) in [5.41, 5.74) is 9.32. The fourth-order valence-electron chi connectivity index (χ4n) is 18.8. The van der Waals surface area contributed by atoms with Gasteiger partial charge < -0.3 is 88.3 Å². The smallest absolute Gasteiger partial charge is 0.318 e. The Kier molecular flexibility index (Phi) is 25.6. The summed E-state index contributed by atoms with van der Waals surface area (Å²) in [5.74, 6) is 3.45. The number of hydrogen-bond donors (Lipinski definition) is 3. The van der Waals surface area contributed by atoms with Crippen molar-refractivity contribution in [3.63, 3.8) is 0 Å². The number of phenols is 3. The van der Waals surface area contributed by atoms with Crippen molar-refractivity contribution >= 4 is 84.6 Å². The predicted molar refractivity (Wildman–Crippen MR) is 471 cm³/mol. The molecule has 3 N–H and O–H groups in total. The molecule has 630 valence electrons. The van der Waals surface area contributed by atoms with E-state index in [9.17, 15) is 29.7 Å². The van der Waals surface area contributed by atoms with Crippen molar-refractivity contribution in [1.82, 2.24) is 59.3 Å². The van der Waals surface area contributed by atoms with Crippen LogP contribution >= 0.6 is 0 Å². The zero-order chi connectivity index (χ0) is 82.9. The molecule has 27 heteroatoms. The molecule has 12 heterocycles. The number of anilines is 6. The first kappa shape index (κ1) is 82.2. The first-order chi connectivity index (χ1) is 58.5. The Morgan fingerprint density at radius 3 is 0.900 bits per heavy atom. The number of piperazine rings is 3. The van der Waals surface area contributed by atoms with Gasteiger partial charge in [-0.15, -0.1) is 0 Å². The average Bonchev–Trinajstić information content (AvgIpc) is 0.773. The summed E-state index contributed by atoms with van der Waals surface area (Å²) in [5, 5.41) is 37.8. The van der Waals surface area contributed by atoms with Crippen LogP contribution in [0.2, 0.25) is 0 Å². The van der Waals surface area contributed by atoms with Crippen molar-refractivity contribution in [2.75, 3.05) is 188 Å². The Hall–Kier alpha value is -11.6. The lowest BCUT2D eigenvalue weighted by molar-refractivity contribution is -0.127. The van der Waals surface area contributed by atoms with Crippen LogP contribution in [-0.4, -0.2) is 269 Å². The summed E-state index contributed by atoms with van der Waals surface area (Å²) in [6.07, 6.45) is 17.2. The Bertz CT molecular complexity index is 4720. The Morgan fingerprint density at radius 1 is 0.358 bits per heavy atom. The van der Waals surface area contributed by atoms with Crippen molar-refractivity contribution < 1.29 is 43.9 Å². The van der Waals surface area contributed by atoms with E-state index in [-0.39, 0.29) is 35.0 Å². The van der Waals surface area contributed by atoms with Gasteiger partial charge >= 0.3 is 18.0 Å². The molecule has 0 saturated carbocycles. The summed E-state index contributed by atoms with van der Waals surface area (Å²) >= 11 is 0. The van der Waals surface area contributed by atoms with Gasteiger partial charge in [0.25, 0.3) is 0 Å². The highest BCUT2D eigenvalue weighted by atomic mass is 16.5. The van der Waals surface area contributed by atoms with Crippen molar-refractivity contribution in [3.05, 3.63) is 181 Å². The van der Waals surface area contributed by atoms with Crippen molar-refractivity contribution in [1.29, 1.82) is 0 Å². The van der Waals surface area contributed by atoms with Crippen LogP contribution < -0.4 is 43.6 Å². The van der Waals surface area contributed by atoms with Crippen LogP contribution in [0.4, 0.5) is 34.5 Å². The van der Waals surface area contributed by atoms with Gasteiger partial charge in [0.1, 0.15) is 54.5 Å². The summed E-state index contributed by atoms with van der Waals surface area (Å²) in [6, 6.07) is 37.8. The van der Waals surface area contributed by atoms with Crippen LogP contribution in [-0.2, 0) is 53.3 Å². The third-order valence-electron chi connectivity index (χ3n) is 25.7. The number of hydrogen-bond acceptors (Lipinski definition) is 24. The lowest BCUT2D eigenvalue weighted by atomic mass is 10.0. The van der Waals surface area contributed by atoms with E-state index in [2.05, 4.69) is 103 Å². The van der Waals surface area contributed by atoms with Crippen LogP contribution in [0.25, 0.3) is 32.3 Å². The van der Waals surface area contributed by atoms with Gasteiger partial charge in [0.05, 0.1) is 36.7 Å². The van der Waals surface area contributed by atoms with Crippen molar-refractivity contribution in [2.24, 2.45) is 0 Å². The molecule has 0 unspecified atom stereocenters. The standard InChI is InChI=1S/3C31H38N6O3/c3*1-3-29(39)35-14-16-36(17-15-35)30-26-11-13-37(28-19-24(38)18-22-8-4-5-10-25(22)28)20-27(26)32-31(33-30)40-21-23-9-6-7-12-34(23)2/h3*3-5,8,10,18-19,23,38H,1,6-7,9,11-17,20-21H2,2H3/t3*23-/m100/s1. The second-order valence-corrected chi connectivity index (χ2v) is 33.2. The van der Waals surface area contributed by atoms with Gasteiger partial charge in [-0.25, -0.2) is 0 Å². The monoisotopic (exact) mass is 1630 g/mol. The van der Waals surface area contributed by atoms with E-state index in [1.165, 1.54) is 56.8 Å². The molecule has 18 rings (SSSR count). The van der Waals surface area contributed by atoms with Crippen LogP contribution in [0.5, 0.6) is 35.3 Å². The Balaban J connectivity index is 0.000000134. The molecular formula is C93H114N18O9. The molecule has 3 amide bonds. The van der Waals surface area contributed by atoms with E-state index in [0.29, 0.717) is 154 Å². The molecule has 0 spiro atoms. The third-order valence-corrected chi connectivity index (χ3v) is 25.7. The third kappa shape index (κ3) is 18.6. The number of aromatic hydroxyl groups is 3. The summed E-state index contributed by atoms with van der Waals surface area (Å²) in [4.78, 5) is 92.5. The molecule has 3 atom stereocenters. The lowest BCUT2D eigenvalue weighted by Crippen LogP contribution is -2.49. The van der Waals surface area contributed by atoms with Crippen LogP contribution in [0.3, 0.4) is 0 Å². The SMILES string of the molecule is C=CC(=O)N1CCN(c2nc(OC[C@@H]3CCCCN3C)nc3c2CCN(c2cc(O)cc4ccccc24)C3)CC1.C=CC(=O)N1CCN(c2nc(OC[C@@H]3CCCCN3C)nc3c2CCN(c2cc(O)cc4ccccc24)C3)CC1.C=CC(=O)N1CCN(c2nc(OC[C@H]3CCCCN3C)nc3c2CCN(c2cc(O)cc4ccccc24)C3)CC1.